The van der Waals surface area contributed by atoms with Crippen LogP contribution in [0.15, 0.2) is 24.3 Å². The molecule has 0 bridgehead atoms. The van der Waals surface area contributed by atoms with Crippen LogP contribution >= 0.6 is 0 Å². The molecule has 0 heterocycles. The van der Waals surface area contributed by atoms with Crippen molar-refractivity contribution in [1.29, 1.82) is 4.78 Å². The van der Waals surface area contributed by atoms with Crippen LogP contribution in [0.5, 0.6) is 0 Å². The molecule has 1 aromatic carbocycles. The molecule has 0 saturated carbocycles. The van der Waals surface area contributed by atoms with Crippen LogP contribution in [0.1, 0.15) is 11.1 Å². The summed E-state index contributed by atoms with van der Waals surface area (Å²) in [6, 6.07) is 8.15. The van der Waals surface area contributed by atoms with Crippen molar-refractivity contribution in [3.8, 4) is 0 Å². The second-order valence-electron chi connectivity index (χ2n) is 3.70. The molecule has 0 spiro atoms. The van der Waals surface area contributed by atoms with Gasteiger partial charge in [-0.2, -0.15) is 0 Å². The monoisotopic (exact) mass is 195 g/mol. The number of nitrogens with one attached hydrogen (secondary N) is 1. The lowest BCUT2D eigenvalue weighted by Crippen LogP contribution is -2.18. The molecule has 0 fully saturated rings. The molecular weight excluding hydrogens is 182 g/mol. The number of fused-ring (bicyclic) bond motifs is 1. The quantitative estimate of drug-likeness (QED) is 0.729. The maximum absolute atomic E-state index is 11.5. The Morgan fingerprint density at radius 2 is 1.77 bits per heavy atom. The van der Waals surface area contributed by atoms with Gasteiger partial charge in [-0.15, -0.1) is 0 Å². The Morgan fingerprint density at radius 3 is 2.15 bits per heavy atom. The molecule has 70 valence electrons. The van der Waals surface area contributed by atoms with Gasteiger partial charge in [0.1, 0.15) is 0 Å². The maximum atomic E-state index is 11.5. The predicted octanol–water partition coefficient (Wildman–Crippen LogP) is 1.83. The molecule has 13 heavy (non-hydrogen) atoms. The van der Waals surface area contributed by atoms with E-state index < -0.39 is 9.73 Å². The minimum atomic E-state index is -2.37. The number of benzene rings is 1. The molecule has 1 unspecified atom stereocenters. The molecule has 0 saturated heterocycles. The summed E-state index contributed by atoms with van der Waals surface area (Å²) in [5, 5.41) is 0.0323. The van der Waals surface area contributed by atoms with Gasteiger partial charge in [-0.25, -0.2) is 4.21 Å². The first-order valence-corrected chi connectivity index (χ1v) is 6.40. The summed E-state index contributed by atoms with van der Waals surface area (Å²) in [4.78, 5) is 0. The zero-order chi connectivity index (χ0) is 9.47. The van der Waals surface area contributed by atoms with Crippen molar-refractivity contribution in [3.63, 3.8) is 0 Å². The molecule has 1 aliphatic carbocycles. The van der Waals surface area contributed by atoms with Gasteiger partial charge in [0.15, 0.2) is 0 Å². The second kappa shape index (κ2) is 2.84. The summed E-state index contributed by atoms with van der Waals surface area (Å²) < 4.78 is 19.1. The average Bonchev–Trinajstić information content (AvgIpc) is 2.45. The molecule has 2 nitrogen and oxygen atoms in total. The summed E-state index contributed by atoms with van der Waals surface area (Å²) in [5.74, 6) is 0. The van der Waals surface area contributed by atoms with E-state index in [2.05, 4.69) is 12.1 Å². The van der Waals surface area contributed by atoms with Crippen LogP contribution < -0.4 is 0 Å². The van der Waals surface area contributed by atoms with Gasteiger partial charge in [0.25, 0.3) is 0 Å². The first-order valence-electron chi connectivity index (χ1n) is 4.37. The van der Waals surface area contributed by atoms with Crippen LogP contribution in [-0.4, -0.2) is 15.7 Å². The van der Waals surface area contributed by atoms with Crippen molar-refractivity contribution in [3.05, 3.63) is 35.4 Å². The van der Waals surface area contributed by atoms with E-state index in [4.69, 9.17) is 4.78 Å². The van der Waals surface area contributed by atoms with E-state index >= 15 is 0 Å². The second-order valence-corrected chi connectivity index (χ2v) is 6.18. The molecular formula is C10H13NOS. The van der Waals surface area contributed by atoms with Crippen LogP contribution in [0.4, 0.5) is 0 Å². The molecule has 0 aromatic heterocycles. The highest BCUT2D eigenvalue weighted by atomic mass is 32.2. The van der Waals surface area contributed by atoms with Crippen LogP contribution in [0, 0.1) is 4.78 Å². The fourth-order valence-corrected chi connectivity index (χ4v) is 2.83. The molecule has 1 aromatic rings. The van der Waals surface area contributed by atoms with E-state index in [0.29, 0.717) is 0 Å². The highest BCUT2D eigenvalue weighted by molar-refractivity contribution is 7.92. The Hall–Kier alpha value is -0.830. The van der Waals surface area contributed by atoms with Gasteiger partial charge < -0.3 is 0 Å². The summed E-state index contributed by atoms with van der Waals surface area (Å²) in [5.41, 5.74) is 2.55. The standard InChI is InChI=1S/C10H13NOS/c1-13(11,12)10-6-8-4-2-3-5-9(8)7-10/h2-5,10-11H,6-7H2,1H3. The van der Waals surface area contributed by atoms with Crippen LogP contribution in [0.25, 0.3) is 0 Å². The van der Waals surface area contributed by atoms with E-state index in [1.807, 2.05) is 12.1 Å². The summed E-state index contributed by atoms with van der Waals surface area (Å²) in [6.07, 6.45) is 3.17. The lowest BCUT2D eigenvalue weighted by molar-refractivity contribution is 0.665. The highest BCUT2D eigenvalue weighted by Crippen LogP contribution is 2.25. The lowest BCUT2D eigenvalue weighted by atomic mass is 10.1. The topological polar surface area (TPSA) is 40.9 Å². The van der Waals surface area contributed by atoms with Crippen LogP contribution in [0.2, 0.25) is 0 Å². The third kappa shape index (κ3) is 1.61. The van der Waals surface area contributed by atoms with Crippen molar-refractivity contribution < 1.29 is 4.21 Å². The predicted molar refractivity (Wildman–Crippen MR) is 54.4 cm³/mol. The van der Waals surface area contributed by atoms with E-state index in [1.54, 1.807) is 6.26 Å². The average molecular weight is 195 g/mol. The van der Waals surface area contributed by atoms with Crippen LogP contribution in [-0.2, 0) is 22.6 Å². The molecule has 1 N–H and O–H groups in total. The van der Waals surface area contributed by atoms with Gasteiger partial charge in [0.2, 0.25) is 0 Å². The Bertz CT molecular complexity index is 397. The number of hydrogen-bond donors (Lipinski definition) is 1. The fraction of sp³-hybridized carbons (Fsp3) is 0.400. The van der Waals surface area contributed by atoms with Gasteiger partial charge in [0.05, 0.1) is 5.25 Å². The van der Waals surface area contributed by atoms with Crippen molar-refractivity contribution >= 4 is 9.73 Å². The zero-order valence-electron chi connectivity index (χ0n) is 7.62. The maximum Gasteiger partial charge on any atom is 0.0506 e. The van der Waals surface area contributed by atoms with Gasteiger partial charge in [-0.05, 0) is 24.0 Å². The smallest absolute Gasteiger partial charge is 0.0506 e. The Morgan fingerprint density at radius 1 is 1.31 bits per heavy atom. The summed E-state index contributed by atoms with van der Waals surface area (Å²) >= 11 is 0. The minimum Gasteiger partial charge on any atom is -0.253 e. The molecule has 0 aliphatic heterocycles. The first kappa shape index (κ1) is 8.75. The highest BCUT2D eigenvalue weighted by Gasteiger charge is 2.26. The van der Waals surface area contributed by atoms with Gasteiger partial charge in [-0.1, -0.05) is 24.3 Å². The summed E-state index contributed by atoms with van der Waals surface area (Å²) in [6.45, 7) is 0. The molecule has 3 heteroatoms. The Kier molecular flexibility index (Phi) is 1.91. The lowest BCUT2D eigenvalue weighted by Gasteiger charge is -2.07. The Labute approximate surface area is 79.0 Å². The Balaban J connectivity index is 2.33. The minimum absolute atomic E-state index is 0.0323. The normalized spacial score (nSPS) is 21.0. The van der Waals surface area contributed by atoms with Crippen molar-refractivity contribution in [2.75, 3.05) is 6.26 Å². The molecule has 2 rings (SSSR count). The van der Waals surface area contributed by atoms with E-state index in [-0.39, 0.29) is 5.25 Å². The van der Waals surface area contributed by atoms with E-state index in [1.165, 1.54) is 11.1 Å². The van der Waals surface area contributed by atoms with E-state index in [9.17, 15) is 4.21 Å². The third-order valence-corrected chi connectivity index (χ3v) is 4.26. The zero-order valence-corrected chi connectivity index (χ0v) is 8.43. The largest absolute Gasteiger partial charge is 0.253 e. The van der Waals surface area contributed by atoms with Gasteiger partial charge in [0, 0.05) is 16.0 Å². The van der Waals surface area contributed by atoms with Crippen molar-refractivity contribution in [1.82, 2.24) is 0 Å². The third-order valence-electron chi connectivity index (χ3n) is 2.65. The van der Waals surface area contributed by atoms with Crippen molar-refractivity contribution in [2.45, 2.75) is 18.1 Å². The van der Waals surface area contributed by atoms with Gasteiger partial charge >= 0.3 is 0 Å². The van der Waals surface area contributed by atoms with Crippen molar-refractivity contribution in [2.24, 2.45) is 0 Å². The number of hydrogen-bond acceptors (Lipinski definition) is 2. The SMILES string of the molecule is CS(=N)(=O)C1Cc2ccccc2C1. The van der Waals surface area contributed by atoms with Gasteiger partial charge in [-0.3, -0.25) is 4.78 Å². The molecule has 1 aliphatic rings. The summed E-state index contributed by atoms with van der Waals surface area (Å²) in [7, 11) is -2.37. The first-order chi connectivity index (χ1) is 6.07. The van der Waals surface area contributed by atoms with Crippen LogP contribution in [0.3, 0.4) is 0 Å². The molecule has 1 atom stereocenters. The molecule has 0 radical (unpaired) electrons. The van der Waals surface area contributed by atoms with E-state index in [0.717, 1.165) is 12.8 Å². The fourth-order valence-electron chi connectivity index (χ4n) is 1.84. The number of rotatable bonds is 1. The molecule has 0 amide bonds.